The van der Waals surface area contributed by atoms with Gasteiger partial charge in [0, 0.05) is 6.54 Å². The van der Waals surface area contributed by atoms with Crippen molar-refractivity contribution in [1.82, 2.24) is 4.90 Å². The summed E-state index contributed by atoms with van der Waals surface area (Å²) in [5.41, 5.74) is 1.64. The number of phenolic OH excluding ortho intramolecular Hbond substituents is 1. The number of nitrogens with zero attached hydrogens (tertiary/aromatic N) is 2. The first-order valence-corrected chi connectivity index (χ1v) is 10.4. The summed E-state index contributed by atoms with van der Waals surface area (Å²) in [6.45, 7) is 5.04. The molecule has 0 aliphatic carbocycles. The van der Waals surface area contributed by atoms with E-state index < -0.39 is 0 Å². The summed E-state index contributed by atoms with van der Waals surface area (Å²) in [5, 5.41) is 10.3. The van der Waals surface area contributed by atoms with Crippen molar-refractivity contribution in [3.05, 3.63) is 56.5 Å². The monoisotopic (exact) mass is 494 g/mol. The molecular weight excluding hydrogens is 475 g/mol. The van der Waals surface area contributed by atoms with Gasteiger partial charge in [-0.1, -0.05) is 6.07 Å². The number of phenols is 1. The number of thioether (sulfide) groups is 1. The Kier molecular flexibility index (Phi) is 6.43. The molecule has 1 aliphatic rings. The Balaban J connectivity index is 1.87. The molecule has 1 saturated heterocycles. The molecule has 1 fully saturated rings. The number of carbonyl (C=O) groups excluding carboxylic acids is 1. The van der Waals surface area contributed by atoms with Gasteiger partial charge in [-0.3, -0.25) is 9.69 Å². The molecule has 27 heavy (non-hydrogen) atoms. The molecule has 0 spiro atoms. The molecule has 2 aromatic rings. The van der Waals surface area contributed by atoms with E-state index in [9.17, 15) is 9.90 Å². The Hall–Kier alpha value is -2.00. The van der Waals surface area contributed by atoms with E-state index in [1.807, 2.05) is 50.3 Å². The van der Waals surface area contributed by atoms with Crippen LogP contribution in [0.5, 0.6) is 11.5 Å². The van der Waals surface area contributed by atoms with Crippen LogP contribution in [0.1, 0.15) is 19.4 Å². The molecule has 5 nitrogen and oxygen atoms in total. The number of aromatic hydroxyl groups is 1. The third-order valence-corrected chi connectivity index (χ3v) is 5.72. The van der Waals surface area contributed by atoms with Gasteiger partial charge in [0.1, 0.15) is 11.5 Å². The topological polar surface area (TPSA) is 62.1 Å². The van der Waals surface area contributed by atoms with Gasteiger partial charge >= 0.3 is 0 Å². The van der Waals surface area contributed by atoms with Crippen molar-refractivity contribution in [2.24, 2.45) is 4.99 Å². The van der Waals surface area contributed by atoms with Gasteiger partial charge in [-0.25, -0.2) is 4.99 Å². The van der Waals surface area contributed by atoms with Crippen LogP contribution in [0.3, 0.4) is 0 Å². The fraction of sp³-hybridized carbons (Fsp3) is 0.200. The highest BCUT2D eigenvalue weighted by atomic mass is 127. The second-order valence-corrected chi connectivity index (χ2v) is 7.86. The third-order valence-electron chi connectivity index (χ3n) is 3.85. The first-order valence-electron chi connectivity index (χ1n) is 8.53. The Bertz CT molecular complexity index is 910. The molecule has 140 valence electrons. The highest BCUT2D eigenvalue weighted by molar-refractivity contribution is 14.1. The van der Waals surface area contributed by atoms with E-state index in [4.69, 9.17) is 4.74 Å². The number of amidine groups is 1. The highest BCUT2D eigenvalue weighted by Gasteiger charge is 2.32. The fourth-order valence-corrected chi connectivity index (χ4v) is 4.13. The zero-order valence-electron chi connectivity index (χ0n) is 15.0. The van der Waals surface area contributed by atoms with E-state index in [0.29, 0.717) is 23.2 Å². The van der Waals surface area contributed by atoms with Gasteiger partial charge in [0.2, 0.25) is 0 Å². The molecule has 0 bridgehead atoms. The van der Waals surface area contributed by atoms with E-state index >= 15 is 0 Å². The van der Waals surface area contributed by atoms with Gasteiger partial charge in [0.25, 0.3) is 5.91 Å². The SMILES string of the molecule is CCOc1ccc(N=C2SC(=Cc3ccc(O)c(I)c3)C(=O)N2CC)cc1. The van der Waals surface area contributed by atoms with Gasteiger partial charge in [-0.2, -0.15) is 0 Å². The predicted molar refractivity (Wildman–Crippen MR) is 118 cm³/mol. The van der Waals surface area contributed by atoms with Crippen LogP contribution >= 0.6 is 34.4 Å². The Morgan fingerprint density at radius 1 is 1.22 bits per heavy atom. The van der Waals surface area contributed by atoms with Crippen molar-refractivity contribution < 1.29 is 14.6 Å². The van der Waals surface area contributed by atoms with Gasteiger partial charge in [0.05, 0.1) is 20.8 Å². The average Bonchev–Trinajstić information content (AvgIpc) is 2.94. The maximum absolute atomic E-state index is 12.7. The van der Waals surface area contributed by atoms with E-state index in [2.05, 4.69) is 27.6 Å². The van der Waals surface area contributed by atoms with Crippen LogP contribution in [0.2, 0.25) is 0 Å². The zero-order chi connectivity index (χ0) is 19.4. The van der Waals surface area contributed by atoms with E-state index in [0.717, 1.165) is 20.6 Å². The molecule has 0 saturated carbocycles. The van der Waals surface area contributed by atoms with Gasteiger partial charge in [-0.05, 0) is 96.2 Å². The zero-order valence-corrected chi connectivity index (χ0v) is 18.0. The fourth-order valence-electron chi connectivity index (χ4n) is 2.53. The standard InChI is InChI=1S/C20H19IN2O3S/c1-3-23-19(25)18(12-13-5-10-17(24)16(21)11-13)27-20(23)22-14-6-8-15(9-7-14)26-4-2/h5-12,24H,3-4H2,1-2H3. The number of rotatable bonds is 5. The number of halogens is 1. The minimum absolute atomic E-state index is 0.0599. The van der Waals surface area contributed by atoms with Crippen LogP contribution in [0.15, 0.2) is 52.4 Å². The molecule has 1 aliphatic heterocycles. The van der Waals surface area contributed by atoms with Gasteiger partial charge in [0.15, 0.2) is 5.17 Å². The molecule has 0 aromatic heterocycles. The first-order chi connectivity index (χ1) is 13.0. The summed E-state index contributed by atoms with van der Waals surface area (Å²) in [6, 6.07) is 12.8. The van der Waals surface area contributed by atoms with Crippen LogP contribution in [0.25, 0.3) is 6.08 Å². The van der Waals surface area contributed by atoms with E-state index in [-0.39, 0.29) is 11.7 Å². The molecule has 0 radical (unpaired) electrons. The van der Waals surface area contributed by atoms with Crippen molar-refractivity contribution in [3.63, 3.8) is 0 Å². The lowest BCUT2D eigenvalue weighted by atomic mass is 10.2. The molecule has 0 unspecified atom stereocenters. The largest absolute Gasteiger partial charge is 0.507 e. The molecule has 1 heterocycles. The van der Waals surface area contributed by atoms with E-state index in [1.54, 1.807) is 17.0 Å². The summed E-state index contributed by atoms with van der Waals surface area (Å²) in [4.78, 5) is 19.6. The van der Waals surface area contributed by atoms with Crippen molar-refractivity contribution in [2.45, 2.75) is 13.8 Å². The predicted octanol–water partition coefficient (Wildman–Crippen LogP) is 5.02. The molecule has 3 rings (SSSR count). The summed E-state index contributed by atoms with van der Waals surface area (Å²) in [5.74, 6) is 0.970. The number of carbonyl (C=O) groups is 1. The quantitative estimate of drug-likeness (QED) is 0.469. The Labute approximate surface area is 176 Å². The summed E-state index contributed by atoms with van der Waals surface area (Å²) < 4.78 is 6.19. The molecule has 1 N–H and O–H groups in total. The van der Waals surface area contributed by atoms with Crippen LogP contribution in [0.4, 0.5) is 5.69 Å². The number of amides is 1. The van der Waals surface area contributed by atoms with Crippen molar-refractivity contribution in [2.75, 3.05) is 13.2 Å². The van der Waals surface area contributed by atoms with E-state index in [1.165, 1.54) is 11.8 Å². The molecule has 0 atom stereocenters. The average molecular weight is 494 g/mol. The Morgan fingerprint density at radius 2 is 1.96 bits per heavy atom. The number of benzene rings is 2. The molecule has 2 aromatic carbocycles. The van der Waals surface area contributed by atoms with Gasteiger partial charge in [-0.15, -0.1) is 0 Å². The van der Waals surface area contributed by atoms with Crippen LogP contribution < -0.4 is 4.74 Å². The number of ether oxygens (including phenoxy) is 1. The maximum Gasteiger partial charge on any atom is 0.266 e. The normalized spacial score (nSPS) is 17.1. The number of aliphatic imine (C=N–C) groups is 1. The molecular formula is C20H19IN2O3S. The van der Waals surface area contributed by atoms with Crippen LogP contribution in [-0.4, -0.2) is 34.2 Å². The molecule has 7 heteroatoms. The van der Waals surface area contributed by atoms with Crippen LogP contribution in [0, 0.1) is 3.57 Å². The van der Waals surface area contributed by atoms with Crippen LogP contribution in [-0.2, 0) is 4.79 Å². The second-order valence-electron chi connectivity index (χ2n) is 5.69. The van der Waals surface area contributed by atoms with Crippen molar-refractivity contribution >= 4 is 57.2 Å². The van der Waals surface area contributed by atoms with Gasteiger partial charge < -0.3 is 9.84 Å². The number of hydrogen-bond acceptors (Lipinski definition) is 5. The summed E-state index contributed by atoms with van der Waals surface area (Å²) in [6.07, 6.45) is 1.83. The van der Waals surface area contributed by atoms with Crippen molar-refractivity contribution in [3.8, 4) is 11.5 Å². The second kappa shape index (κ2) is 8.79. The first kappa shape index (κ1) is 19.8. The summed E-state index contributed by atoms with van der Waals surface area (Å²) in [7, 11) is 0. The summed E-state index contributed by atoms with van der Waals surface area (Å²) >= 11 is 3.42. The lowest BCUT2D eigenvalue weighted by Gasteiger charge is -2.12. The maximum atomic E-state index is 12.7. The third kappa shape index (κ3) is 4.65. The number of likely N-dealkylation sites (N-methyl/N-ethyl adjacent to an activating group) is 1. The number of hydrogen-bond donors (Lipinski definition) is 1. The lowest BCUT2D eigenvalue weighted by molar-refractivity contribution is -0.122. The highest BCUT2D eigenvalue weighted by Crippen LogP contribution is 2.34. The minimum Gasteiger partial charge on any atom is -0.507 e. The minimum atomic E-state index is -0.0599. The lowest BCUT2D eigenvalue weighted by Crippen LogP contribution is -2.28. The van der Waals surface area contributed by atoms with Crippen molar-refractivity contribution in [1.29, 1.82) is 0 Å². The Morgan fingerprint density at radius 3 is 2.59 bits per heavy atom. The smallest absolute Gasteiger partial charge is 0.266 e. The molecule has 1 amide bonds.